The Morgan fingerprint density at radius 1 is 1.29 bits per heavy atom. The molecule has 1 aromatic carbocycles. The number of carbonyl (C=O) groups is 1. The molecule has 0 radical (unpaired) electrons. The monoisotopic (exact) mass is 304 g/mol. The van der Waals surface area contributed by atoms with E-state index < -0.39 is 6.04 Å². The molecule has 1 heterocycles. The van der Waals surface area contributed by atoms with Crippen LogP contribution in [0.5, 0.6) is 0 Å². The van der Waals surface area contributed by atoms with Crippen molar-refractivity contribution < 1.29 is 9.53 Å². The third kappa shape index (κ3) is 4.39. The van der Waals surface area contributed by atoms with Crippen molar-refractivity contribution in [3.8, 4) is 0 Å². The number of amides is 1. The molecular formula is C16H20N2O2S. The molecule has 0 fully saturated rings. The molecule has 0 saturated heterocycles. The fourth-order valence-corrected chi connectivity index (χ4v) is 2.70. The summed E-state index contributed by atoms with van der Waals surface area (Å²) in [4.78, 5) is 12.9. The van der Waals surface area contributed by atoms with E-state index in [1.807, 2.05) is 48.7 Å². The lowest BCUT2D eigenvalue weighted by molar-refractivity contribution is -0.122. The van der Waals surface area contributed by atoms with Crippen molar-refractivity contribution >= 4 is 17.2 Å². The predicted molar refractivity (Wildman–Crippen MR) is 84.9 cm³/mol. The third-order valence-electron chi connectivity index (χ3n) is 3.17. The largest absolute Gasteiger partial charge is 0.377 e. The summed E-state index contributed by atoms with van der Waals surface area (Å²) in [6.07, 6.45) is 0. The zero-order valence-electron chi connectivity index (χ0n) is 12.0. The minimum Gasteiger partial charge on any atom is -0.377 e. The van der Waals surface area contributed by atoms with E-state index in [2.05, 4.69) is 5.32 Å². The van der Waals surface area contributed by atoms with Gasteiger partial charge in [0.15, 0.2) is 0 Å². The Morgan fingerprint density at radius 2 is 2.05 bits per heavy atom. The average Bonchev–Trinajstić information content (AvgIpc) is 3.05. The van der Waals surface area contributed by atoms with E-state index in [9.17, 15) is 4.79 Å². The highest BCUT2D eigenvalue weighted by Gasteiger charge is 2.16. The van der Waals surface area contributed by atoms with Crippen molar-refractivity contribution in [2.75, 3.05) is 6.61 Å². The van der Waals surface area contributed by atoms with Gasteiger partial charge in [-0.05, 0) is 29.5 Å². The second-order valence-electron chi connectivity index (χ2n) is 4.62. The van der Waals surface area contributed by atoms with Crippen molar-refractivity contribution in [3.05, 3.63) is 57.8 Å². The molecule has 1 atom stereocenters. The van der Waals surface area contributed by atoms with E-state index in [-0.39, 0.29) is 5.91 Å². The Hall–Kier alpha value is -1.69. The van der Waals surface area contributed by atoms with Gasteiger partial charge in [-0.25, -0.2) is 0 Å². The van der Waals surface area contributed by atoms with Gasteiger partial charge in [0.25, 0.3) is 0 Å². The van der Waals surface area contributed by atoms with E-state index in [0.29, 0.717) is 19.8 Å². The maximum atomic E-state index is 12.1. The first-order chi connectivity index (χ1) is 10.2. The van der Waals surface area contributed by atoms with E-state index in [4.69, 9.17) is 10.5 Å². The Balaban J connectivity index is 1.95. The van der Waals surface area contributed by atoms with Gasteiger partial charge in [-0.15, -0.1) is 11.3 Å². The molecule has 0 aliphatic rings. The van der Waals surface area contributed by atoms with Gasteiger partial charge >= 0.3 is 0 Å². The molecule has 0 bridgehead atoms. The SMILES string of the molecule is CCOCc1ccccc1CNC(=O)C(N)c1cccs1. The van der Waals surface area contributed by atoms with Crippen molar-refractivity contribution in [1.82, 2.24) is 5.32 Å². The van der Waals surface area contributed by atoms with E-state index in [1.54, 1.807) is 0 Å². The number of ether oxygens (including phenoxy) is 1. The summed E-state index contributed by atoms with van der Waals surface area (Å²) in [7, 11) is 0. The summed E-state index contributed by atoms with van der Waals surface area (Å²) in [6, 6.07) is 11.1. The number of thiophene rings is 1. The summed E-state index contributed by atoms with van der Waals surface area (Å²) >= 11 is 1.49. The van der Waals surface area contributed by atoms with Gasteiger partial charge in [-0.3, -0.25) is 4.79 Å². The Labute approximate surface area is 128 Å². The smallest absolute Gasteiger partial charge is 0.242 e. The summed E-state index contributed by atoms with van der Waals surface area (Å²) in [6.45, 7) is 3.65. The van der Waals surface area contributed by atoms with Crippen LogP contribution < -0.4 is 11.1 Å². The highest BCUT2D eigenvalue weighted by molar-refractivity contribution is 7.10. The Bertz CT molecular complexity index is 569. The van der Waals surface area contributed by atoms with Gasteiger partial charge in [0.2, 0.25) is 5.91 Å². The molecule has 2 aromatic rings. The number of benzene rings is 1. The maximum Gasteiger partial charge on any atom is 0.242 e. The molecule has 1 amide bonds. The first-order valence-electron chi connectivity index (χ1n) is 6.93. The van der Waals surface area contributed by atoms with Crippen LogP contribution in [0.2, 0.25) is 0 Å². The highest BCUT2D eigenvalue weighted by Crippen LogP contribution is 2.17. The zero-order valence-corrected chi connectivity index (χ0v) is 12.9. The molecule has 112 valence electrons. The molecule has 5 heteroatoms. The summed E-state index contributed by atoms with van der Waals surface area (Å²) in [5.41, 5.74) is 8.08. The van der Waals surface area contributed by atoms with Crippen LogP contribution in [0.25, 0.3) is 0 Å². The van der Waals surface area contributed by atoms with Gasteiger partial charge in [0.1, 0.15) is 6.04 Å². The van der Waals surface area contributed by atoms with Gasteiger partial charge in [-0.1, -0.05) is 30.3 Å². The van der Waals surface area contributed by atoms with Crippen LogP contribution >= 0.6 is 11.3 Å². The lowest BCUT2D eigenvalue weighted by Crippen LogP contribution is -2.33. The van der Waals surface area contributed by atoms with Gasteiger partial charge in [-0.2, -0.15) is 0 Å². The second-order valence-corrected chi connectivity index (χ2v) is 5.60. The molecule has 21 heavy (non-hydrogen) atoms. The maximum absolute atomic E-state index is 12.1. The lowest BCUT2D eigenvalue weighted by Gasteiger charge is -2.13. The Kier molecular flexibility index (Phi) is 5.92. The molecule has 0 spiro atoms. The van der Waals surface area contributed by atoms with Crippen LogP contribution in [-0.4, -0.2) is 12.5 Å². The van der Waals surface area contributed by atoms with Crippen molar-refractivity contribution in [2.24, 2.45) is 5.73 Å². The van der Waals surface area contributed by atoms with Crippen LogP contribution in [-0.2, 0) is 22.7 Å². The minimum absolute atomic E-state index is 0.163. The number of carbonyl (C=O) groups excluding carboxylic acids is 1. The van der Waals surface area contributed by atoms with E-state index in [0.717, 1.165) is 16.0 Å². The fourth-order valence-electron chi connectivity index (χ4n) is 1.97. The number of nitrogens with one attached hydrogen (secondary N) is 1. The number of hydrogen-bond donors (Lipinski definition) is 2. The standard InChI is InChI=1S/C16H20N2O2S/c1-2-20-11-13-7-4-3-6-12(13)10-18-16(19)15(17)14-8-5-9-21-14/h3-9,15H,2,10-11,17H2,1H3,(H,18,19). The molecule has 0 saturated carbocycles. The molecule has 3 N–H and O–H groups in total. The molecular weight excluding hydrogens is 284 g/mol. The molecule has 0 aliphatic carbocycles. The van der Waals surface area contributed by atoms with Gasteiger partial charge < -0.3 is 15.8 Å². The first-order valence-corrected chi connectivity index (χ1v) is 7.81. The van der Waals surface area contributed by atoms with Crippen molar-refractivity contribution in [3.63, 3.8) is 0 Å². The van der Waals surface area contributed by atoms with Crippen LogP contribution in [0.15, 0.2) is 41.8 Å². The number of nitrogens with two attached hydrogens (primary N) is 1. The zero-order chi connectivity index (χ0) is 15.1. The molecule has 0 aliphatic heterocycles. The summed E-state index contributed by atoms with van der Waals surface area (Å²) in [5.74, 6) is -0.163. The average molecular weight is 304 g/mol. The van der Waals surface area contributed by atoms with Gasteiger partial charge in [0.05, 0.1) is 6.61 Å². The summed E-state index contributed by atoms with van der Waals surface area (Å²) < 4.78 is 5.44. The van der Waals surface area contributed by atoms with Crippen LogP contribution in [0.3, 0.4) is 0 Å². The number of hydrogen-bond acceptors (Lipinski definition) is 4. The first kappa shape index (κ1) is 15.7. The van der Waals surface area contributed by atoms with Crippen molar-refractivity contribution in [1.29, 1.82) is 0 Å². The minimum atomic E-state index is -0.607. The Morgan fingerprint density at radius 3 is 2.71 bits per heavy atom. The van der Waals surface area contributed by atoms with Gasteiger partial charge in [0, 0.05) is 18.0 Å². The molecule has 2 rings (SSSR count). The highest BCUT2D eigenvalue weighted by atomic mass is 32.1. The molecule has 4 nitrogen and oxygen atoms in total. The van der Waals surface area contributed by atoms with Crippen molar-refractivity contribution in [2.45, 2.75) is 26.1 Å². The third-order valence-corrected chi connectivity index (χ3v) is 4.12. The second kappa shape index (κ2) is 7.93. The predicted octanol–water partition coefficient (Wildman–Crippen LogP) is 2.60. The quantitative estimate of drug-likeness (QED) is 0.826. The fraction of sp³-hybridized carbons (Fsp3) is 0.312. The van der Waals surface area contributed by atoms with Crippen LogP contribution in [0.1, 0.15) is 29.0 Å². The molecule has 1 aromatic heterocycles. The summed E-state index contributed by atoms with van der Waals surface area (Å²) in [5, 5.41) is 4.81. The van der Waals surface area contributed by atoms with E-state index in [1.165, 1.54) is 11.3 Å². The number of rotatable bonds is 7. The molecule has 1 unspecified atom stereocenters. The van der Waals surface area contributed by atoms with E-state index >= 15 is 0 Å². The lowest BCUT2D eigenvalue weighted by atomic mass is 10.1. The topological polar surface area (TPSA) is 64.3 Å². The normalized spacial score (nSPS) is 12.1. The van der Waals surface area contributed by atoms with Crippen LogP contribution in [0.4, 0.5) is 0 Å². The van der Waals surface area contributed by atoms with Crippen LogP contribution in [0, 0.1) is 0 Å².